The topological polar surface area (TPSA) is 22.1 Å². The van der Waals surface area contributed by atoms with Crippen LogP contribution in [0.5, 0.6) is 5.75 Å². The minimum Gasteiger partial charge on any atom is -0.487 e. The van der Waals surface area contributed by atoms with Gasteiger partial charge in [-0.1, -0.05) is 32.9 Å². The van der Waals surface area contributed by atoms with Crippen molar-refractivity contribution in [2.75, 3.05) is 0 Å². The largest absolute Gasteiger partial charge is 0.487 e. The summed E-state index contributed by atoms with van der Waals surface area (Å²) in [5.41, 5.74) is 3.51. The van der Waals surface area contributed by atoms with Crippen LogP contribution in [0.3, 0.4) is 0 Å². The average Bonchev–Trinajstić information content (AvgIpc) is 2.85. The monoisotopic (exact) mass is 275 g/mol. The van der Waals surface area contributed by atoms with Crippen LogP contribution in [0.25, 0.3) is 0 Å². The van der Waals surface area contributed by atoms with Gasteiger partial charge in [0.1, 0.15) is 12.4 Å². The molecule has 2 nitrogen and oxygen atoms in total. The smallest absolute Gasteiger partial charge is 0.131 e. The van der Waals surface area contributed by atoms with Crippen molar-refractivity contribution in [3.63, 3.8) is 0 Å². The standard InChI is InChI=1S/C16H21NOS/c1-5-16-17-14(10-19-16)9-18-15-8-13(11(2)3)7-6-12(15)4/h6-8,10-11H,5,9H2,1-4H3. The zero-order chi connectivity index (χ0) is 13.8. The third-order valence-corrected chi connectivity index (χ3v) is 4.20. The van der Waals surface area contributed by atoms with Crippen molar-refractivity contribution in [2.45, 2.75) is 46.6 Å². The van der Waals surface area contributed by atoms with E-state index in [1.54, 1.807) is 11.3 Å². The molecule has 0 unspecified atom stereocenters. The van der Waals surface area contributed by atoms with Crippen molar-refractivity contribution in [1.29, 1.82) is 0 Å². The third kappa shape index (κ3) is 3.57. The molecule has 0 aliphatic rings. The van der Waals surface area contributed by atoms with Crippen LogP contribution >= 0.6 is 11.3 Å². The number of hydrogen-bond donors (Lipinski definition) is 0. The van der Waals surface area contributed by atoms with Gasteiger partial charge in [-0.25, -0.2) is 4.98 Å². The highest BCUT2D eigenvalue weighted by Crippen LogP contribution is 2.25. The second-order valence-electron chi connectivity index (χ2n) is 5.05. The van der Waals surface area contributed by atoms with E-state index in [1.165, 1.54) is 16.1 Å². The number of hydrogen-bond acceptors (Lipinski definition) is 3. The Morgan fingerprint density at radius 2 is 2.11 bits per heavy atom. The molecule has 3 heteroatoms. The van der Waals surface area contributed by atoms with E-state index < -0.39 is 0 Å². The molecule has 2 rings (SSSR count). The molecule has 0 spiro atoms. The molecule has 0 atom stereocenters. The maximum atomic E-state index is 5.92. The summed E-state index contributed by atoms with van der Waals surface area (Å²) in [6, 6.07) is 6.45. The number of thiazole rings is 1. The van der Waals surface area contributed by atoms with Gasteiger partial charge in [0.05, 0.1) is 10.7 Å². The summed E-state index contributed by atoms with van der Waals surface area (Å²) >= 11 is 1.71. The molecule has 0 aliphatic heterocycles. The van der Waals surface area contributed by atoms with Crippen molar-refractivity contribution in [3.05, 3.63) is 45.4 Å². The Morgan fingerprint density at radius 3 is 2.74 bits per heavy atom. The fourth-order valence-corrected chi connectivity index (χ4v) is 2.59. The molecule has 0 saturated heterocycles. The number of rotatable bonds is 5. The molecule has 19 heavy (non-hydrogen) atoms. The van der Waals surface area contributed by atoms with Crippen molar-refractivity contribution in [1.82, 2.24) is 4.98 Å². The highest BCUT2D eigenvalue weighted by molar-refractivity contribution is 7.09. The summed E-state index contributed by atoms with van der Waals surface area (Å²) in [5, 5.41) is 3.26. The molecule has 0 saturated carbocycles. The normalized spacial score (nSPS) is 11.0. The Hall–Kier alpha value is -1.35. The molecular weight excluding hydrogens is 254 g/mol. The molecule has 0 bridgehead atoms. The minimum atomic E-state index is 0.522. The quantitative estimate of drug-likeness (QED) is 0.788. The molecule has 0 radical (unpaired) electrons. The molecular formula is C16H21NOS. The fourth-order valence-electron chi connectivity index (χ4n) is 1.86. The highest BCUT2D eigenvalue weighted by atomic mass is 32.1. The van der Waals surface area contributed by atoms with Crippen LogP contribution in [0.1, 0.15) is 48.5 Å². The number of benzene rings is 1. The van der Waals surface area contributed by atoms with Gasteiger partial charge in [-0.2, -0.15) is 0 Å². The number of ether oxygens (including phenoxy) is 1. The van der Waals surface area contributed by atoms with Crippen molar-refractivity contribution in [2.24, 2.45) is 0 Å². The highest BCUT2D eigenvalue weighted by Gasteiger charge is 2.06. The summed E-state index contributed by atoms with van der Waals surface area (Å²) in [6.45, 7) is 9.15. The predicted octanol–water partition coefficient (Wildman–Crippen LogP) is 4.72. The van der Waals surface area contributed by atoms with Gasteiger partial charge in [0, 0.05) is 5.38 Å². The van der Waals surface area contributed by atoms with Crippen molar-refractivity contribution >= 4 is 11.3 Å². The zero-order valence-electron chi connectivity index (χ0n) is 12.1. The number of nitrogens with zero attached hydrogens (tertiary/aromatic N) is 1. The third-order valence-electron chi connectivity index (χ3n) is 3.16. The van der Waals surface area contributed by atoms with E-state index in [0.717, 1.165) is 17.9 Å². The van der Waals surface area contributed by atoms with Crippen LogP contribution < -0.4 is 4.74 Å². The first-order chi connectivity index (χ1) is 9.10. The Bertz CT molecular complexity index is 545. The van der Waals surface area contributed by atoms with Gasteiger partial charge in [-0.15, -0.1) is 11.3 Å². The lowest BCUT2D eigenvalue weighted by Crippen LogP contribution is -1.99. The van der Waals surface area contributed by atoms with Crippen LogP contribution in [-0.4, -0.2) is 4.98 Å². The van der Waals surface area contributed by atoms with Crippen LogP contribution in [0.2, 0.25) is 0 Å². The van der Waals surface area contributed by atoms with Gasteiger partial charge >= 0.3 is 0 Å². The number of aryl methyl sites for hydroxylation is 2. The lowest BCUT2D eigenvalue weighted by atomic mass is 10.0. The first-order valence-electron chi connectivity index (χ1n) is 6.76. The van der Waals surface area contributed by atoms with E-state index in [2.05, 4.69) is 56.3 Å². The van der Waals surface area contributed by atoms with Gasteiger partial charge in [0.2, 0.25) is 0 Å². The van der Waals surface area contributed by atoms with Gasteiger partial charge in [0.25, 0.3) is 0 Å². The molecule has 102 valence electrons. The molecule has 1 aromatic carbocycles. The van der Waals surface area contributed by atoms with Crippen LogP contribution in [0.15, 0.2) is 23.6 Å². The first-order valence-corrected chi connectivity index (χ1v) is 7.64. The summed E-state index contributed by atoms with van der Waals surface area (Å²) in [5.74, 6) is 1.49. The summed E-state index contributed by atoms with van der Waals surface area (Å²) in [7, 11) is 0. The molecule has 0 N–H and O–H groups in total. The fraction of sp³-hybridized carbons (Fsp3) is 0.438. The first kappa shape index (κ1) is 14.1. The van der Waals surface area contributed by atoms with Crippen molar-refractivity contribution < 1.29 is 4.74 Å². The van der Waals surface area contributed by atoms with Crippen LogP contribution in [-0.2, 0) is 13.0 Å². The summed E-state index contributed by atoms with van der Waals surface area (Å²) in [4.78, 5) is 4.52. The average molecular weight is 275 g/mol. The van der Waals surface area contributed by atoms with E-state index in [0.29, 0.717) is 12.5 Å². The molecule has 1 heterocycles. The molecule has 1 aromatic heterocycles. The van der Waals surface area contributed by atoms with E-state index >= 15 is 0 Å². The maximum absolute atomic E-state index is 5.92. The van der Waals surface area contributed by atoms with E-state index in [9.17, 15) is 0 Å². The maximum Gasteiger partial charge on any atom is 0.131 e. The van der Waals surface area contributed by atoms with Crippen LogP contribution in [0, 0.1) is 6.92 Å². The second-order valence-corrected chi connectivity index (χ2v) is 6.00. The molecule has 2 aromatic rings. The van der Waals surface area contributed by atoms with Crippen LogP contribution in [0.4, 0.5) is 0 Å². The Kier molecular flexibility index (Phi) is 4.59. The lowest BCUT2D eigenvalue weighted by Gasteiger charge is -2.12. The second kappa shape index (κ2) is 6.20. The minimum absolute atomic E-state index is 0.522. The zero-order valence-corrected chi connectivity index (χ0v) is 12.9. The van der Waals surface area contributed by atoms with Crippen molar-refractivity contribution in [3.8, 4) is 5.75 Å². The summed E-state index contributed by atoms with van der Waals surface area (Å²) < 4.78 is 5.92. The predicted molar refractivity (Wildman–Crippen MR) is 81.1 cm³/mol. The van der Waals surface area contributed by atoms with Gasteiger partial charge in [-0.05, 0) is 36.5 Å². The molecule has 0 aliphatic carbocycles. The molecule has 0 amide bonds. The van der Waals surface area contributed by atoms with Gasteiger partial charge in [0.15, 0.2) is 0 Å². The van der Waals surface area contributed by atoms with E-state index in [4.69, 9.17) is 4.74 Å². The Balaban J connectivity index is 2.08. The van der Waals surface area contributed by atoms with Gasteiger partial charge < -0.3 is 4.74 Å². The Labute approximate surface area is 119 Å². The van der Waals surface area contributed by atoms with E-state index in [1.807, 2.05) is 0 Å². The number of aromatic nitrogens is 1. The SMILES string of the molecule is CCc1nc(COc2cc(C(C)C)ccc2C)cs1. The Morgan fingerprint density at radius 1 is 1.32 bits per heavy atom. The van der Waals surface area contributed by atoms with E-state index in [-0.39, 0.29) is 0 Å². The summed E-state index contributed by atoms with van der Waals surface area (Å²) in [6.07, 6.45) is 0.993. The molecule has 0 fully saturated rings. The lowest BCUT2D eigenvalue weighted by molar-refractivity contribution is 0.299. The van der Waals surface area contributed by atoms with Gasteiger partial charge in [-0.3, -0.25) is 0 Å².